The number of nitrogens with one attached hydrogen (secondary N) is 1. The number of anilines is 1. The van der Waals surface area contributed by atoms with Gasteiger partial charge in [0.15, 0.2) is 10.4 Å². The number of esters is 1. The van der Waals surface area contributed by atoms with Gasteiger partial charge >= 0.3 is 5.97 Å². The van der Waals surface area contributed by atoms with Crippen LogP contribution < -0.4 is 10.1 Å². The largest absolute Gasteiger partial charge is 0.481 e. The van der Waals surface area contributed by atoms with Crippen molar-refractivity contribution in [3.05, 3.63) is 28.8 Å². The number of nitrogens with zero attached hydrogens (tertiary/aromatic N) is 2. The fraction of sp³-hybridized carbons (Fsp3) is 0.412. The Bertz CT molecular complexity index is 807. The molecule has 1 unspecified atom stereocenters. The molecule has 0 saturated heterocycles. The Morgan fingerprint density at radius 3 is 2.69 bits per heavy atom. The lowest BCUT2D eigenvalue weighted by Crippen LogP contribution is -2.30. The van der Waals surface area contributed by atoms with Gasteiger partial charge in [0.25, 0.3) is 5.91 Å². The van der Waals surface area contributed by atoms with E-state index in [-0.39, 0.29) is 17.6 Å². The Hall–Kier alpha value is -2.13. The number of hydrogen-bond donors (Lipinski definition) is 1. The van der Waals surface area contributed by atoms with Crippen molar-refractivity contribution < 1.29 is 19.1 Å². The van der Waals surface area contributed by atoms with E-state index in [1.807, 2.05) is 26.8 Å². The molecule has 1 heterocycles. The summed E-state index contributed by atoms with van der Waals surface area (Å²) >= 11 is 2.40. The van der Waals surface area contributed by atoms with Gasteiger partial charge in [-0.3, -0.25) is 14.9 Å². The number of rotatable bonds is 7. The van der Waals surface area contributed by atoms with Crippen molar-refractivity contribution in [2.24, 2.45) is 0 Å². The fourth-order valence-corrected chi connectivity index (χ4v) is 3.66. The third kappa shape index (κ3) is 5.43. The average Bonchev–Trinajstić information content (AvgIpc) is 3.04. The second kappa shape index (κ2) is 9.00. The zero-order valence-corrected chi connectivity index (χ0v) is 16.9. The third-order valence-electron chi connectivity index (χ3n) is 3.61. The van der Waals surface area contributed by atoms with Gasteiger partial charge in [-0.15, -0.1) is 10.2 Å². The number of aromatic nitrogens is 2. The maximum absolute atomic E-state index is 12.3. The molecule has 1 aromatic carbocycles. The molecule has 2 aromatic rings. The van der Waals surface area contributed by atoms with Crippen molar-refractivity contribution in [3.63, 3.8) is 0 Å². The number of amides is 1. The molecule has 7 nitrogen and oxygen atoms in total. The number of thioether (sulfide) groups is 1. The second-order valence-electron chi connectivity index (χ2n) is 5.69. The minimum atomic E-state index is -0.690. The average molecular weight is 396 g/mol. The first-order valence-electron chi connectivity index (χ1n) is 7.88. The lowest BCUT2D eigenvalue weighted by molar-refractivity contribution is -0.137. The summed E-state index contributed by atoms with van der Waals surface area (Å²) < 4.78 is 11.0. The minimum absolute atomic E-state index is 0.143. The van der Waals surface area contributed by atoms with Crippen LogP contribution in [0, 0.1) is 20.8 Å². The molecular weight excluding hydrogens is 374 g/mol. The molecule has 0 radical (unpaired) electrons. The molecule has 0 saturated carbocycles. The predicted octanol–water partition coefficient (Wildman–Crippen LogP) is 3.13. The summed E-state index contributed by atoms with van der Waals surface area (Å²) in [5.41, 5.74) is 3.20. The Balaban J connectivity index is 1.95. The van der Waals surface area contributed by atoms with Crippen molar-refractivity contribution in [2.75, 3.05) is 18.2 Å². The summed E-state index contributed by atoms with van der Waals surface area (Å²) in [6.07, 6.45) is -0.690. The van der Waals surface area contributed by atoms with Crippen molar-refractivity contribution in [1.82, 2.24) is 10.2 Å². The van der Waals surface area contributed by atoms with Gasteiger partial charge in [0, 0.05) is 0 Å². The molecule has 0 aliphatic heterocycles. The molecule has 1 N–H and O–H groups in total. The highest BCUT2D eigenvalue weighted by atomic mass is 32.2. The van der Waals surface area contributed by atoms with E-state index in [4.69, 9.17) is 4.74 Å². The highest BCUT2D eigenvalue weighted by Gasteiger charge is 2.19. The summed E-state index contributed by atoms with van der Waals surface area (Å²) in [7, 11) is 1.33. The zero-order valence-electron chi connectivity index (χ0n) is 15.3. The van der Waals surface area contributed by atoms with Gasteiger partial charge in [-0.1, -0.05) is 29.2 Å². The molecule has 0 spiro atoms. The Morgan fingerprint density at radius 1 is 1.27 bits per heavy atom. The van der Waals surface area contributed by atoms with E-state index in [2.05, 4.69) is 26.3 Å². The Kier molecular flexibility index (Phi) is 6.98. The minimum Gasteiger partial charge on any atom is -0.481 e. The second-order valence-corrected chi connectivity index (χ2v) is 7.89. The zero-order chi connectivity index (χ0) is 19.3. The summed E-state index contributed by atoms with van der Waals surface area (Å²) in [4.78, 5) is 23.5. The lowest BCUT2D eigenvalue weighted by atomic mass is 10.1. The van der Waals surface area contributed by atoms with E-state index >= 15 is 0 Å². The van der Waals surface area contributed by atoms with Crippen LogP contribution in [0.2, 0.25) is 0 Å². The van der Waals surface area contributed by atoms with Crippen molar-refractivity contribution >= 4 is 40.1 Å². The van der Waals surface area contributed by atoms with Crippen molar-refractivity contribution in [2.45, 2.75) is 38.1 Å². The predicted molar refractivity (Wildman–Crippen MR) is 102 cm³/mol. The van der Waals surface area contributed by atoms with Crippen LogP contribution in [0.25, 0.3) is 0 Å². The lowest BCUT2D eigenvalue weighted by Gasteiger charge is -2.17. The standard InChI is InChI=1S/C17H21N3O4S2/c1-9-6-10(2)11(3)13(7-9)24-12(4)15(22)18-16-19-20-17(26-16)25-8-14(21)23-5/h6-7,12H,8H2,1-5H3,(H,18,19,22). The monoisotopic (exact) mass is 395 g/mol. The molecule has 1 aromatic heterocycles. The number of aryl methyl sites for hydroxylation is 2. The van der Waals surface area contributed by atoms with E-state index in [0.717, 1.165) is 16.7 Å². The van der Waals surface area contributed by atoms with E-state index in [1.165, 1.54) is 30.2 Å². The fourth-order valence-electron chi connectivity index (χ4n) is 2.07. The van der Waals surface area contributed by atoms with Crippen LogP contribution in [0.15, 0.2) is 16.5 Å². The number of carbonyl (C=O) groups is 2. The summed E-state index contributed by atoms with van der Waals surface area (Å²) in [5, 5.41) is 10.9. The van der Waals surface area contributed by atoms with Crippen LogP contribution in [0.1, 0.15) is 23.6 Å². The quantitative estimate of drug-likeness (QED) is 0.437. The first-order chi connectivity index (χ1) is 12.3. The first-order valence-corrected chi connectivity index (χ1v) is 9.69. The SMILES string of the molecule is COC(=O)CSc1nnc(NC(=O)C(C)Oc2cc(C)cc(C)c2C)s1. The summed E-state index contributed by atoms with van der Waals surface area (Å²) in [6, 6.07) is 3.99. The van der Waals surface area contributed by atoms with E-state index in [9.17, 15) is 9.59 Å². The van der Waals surface area contributed by atoms with Crippen molar-refractivity contribution in [1.29, 1.82) is 0 Å². The number of ether oxygens (including phenoxy) is 2. The molecule has 9 heteroatoms. The van der Waals surface area contributed by atoms with Crippen LogP contribution in [0.4, 0.5) is 5.13 Å². The molecule has 0 fully saturated rings. The topological polar surface area (TPSA) is 90.4 Å². The summed E-state index contributed by atoms with van der Waals surface area (Å²) in [5.74, 6) is 0.174. The molecule has 1 amide bonds. The van der Waals surface area contributed by atoms with Crippen LogP contribution in [-0.4, -0.2) is 41.0 Å². The molecule has 0 bridgehead atoms. The number of carbonyl (C=O) groups excluding carboxylic acids is 2. The van der Waals surface area contributed by atoms with Gasteiger partial charge in [-0.05, 0) is 50.5 Å². The molecule has 140 valence electrons. The maximum Gasteiger partial charge on any atom is 0.316 e. The van der Waals surface area contributed by atoms with Gasteiger partial charge in [0.05, 0.1) is 12.9 Å². The number of methoxy groups -OCH3 is 1. The van der Waals surface area contributed by atoms with Gasteiger partial charge in [-0.25, -0.2) is 0 Å². The highest BCUT2D eigenvalue weighted by molar-refractivity contribution is 8.01. The molecular formula is C17H21N3O4S2. The summed E-state index contributed by atoms with van der Waals surface area (Å²) in [6.45, 7) is 7.64. The molecule has 0 aliphatic carbocycles. The van der Waals surface area contributed by atoms with E-state index in [1.54, 1.807) is 6.92 Å². The molecule has 2 rings (SSSR count). The van der Waals surface area contributed by atoms with E-state index < -0.39 is 6.10 Å². The van der Waals surface area contributed by atoms with Gasteiger partial charge in [-0.2, -0.15) is 0 Å². The van der Waals surface area contributed by atoms with Crippen molar-refractivity contribution in [3.8, 4) is 5.75 Å². The number of hydrogen-bond acceptors (Lipinski definition) is 8. The van der Waals surface area contributed by atoms with Gasteiger partial charge < -0.3 is 9.47 Å². The van der Waals surface area contributed by atoms with Crippen LogP contribution in [-0.2, 0) is 14.3 Å². The van der Waals surface area contributed by atoms with E-state index in [0.29, 0.717) is 15.2 Å². The highest BCUT2D eigenvalue weighted by Crippen LogP contribution is 2.27. The normalized spacial score (nSPS) is 11.7. The number of benzene rings is 1. The van der Waals surface area contributed by atoms with Crippen LogP contribution >= 0.6 is 23.1 Å². The molecule has 1 atom stereocenters. The van der Waals surface area contributed by atoms with Crippen LogP contribution in [0.3, 0.4) is 0 Å². The maximum atomic E-state index is 12.3. The Morgan fingerprint density at radius 2 is 2.00 bits per heavy atom. The van der Waals surface area contributed by atoms with Crippen LogP contribution in [0.5, 0.6) is 5.75 Å². The molecule has 0 aliphatic rings. The smallest absolute Gasteiger partial charge is 0.316 e. The van der Waals surface area contributed by atoms with Gasteiger partial charge in [0.1, 0.15) is 5.75 Å². The molecule has 26 heavy (non-hydrogen) atoms. The Labute approximate surface area is 160 Å². The first kappa shape index (κ1) is 20.2. The van der Waals surface area contributed by atoms with Gasteiger partial charge in [0.2, 0.25) is 5.13 Å². The third-order valence-corrected chi connectivity index (χ3v) is 5.56.